The maximum atomic E-state index is 13.9. The van der Waals surface area contributed by atoms with Crippen LogP contribution in [0.3, 0.4) is 0 Å². The largest absolute Gasteiger partial charge is 0.461 e. The number of rotatable bonds is 6. The Hall–Kier alpha value is -3.41. The van der Waals surface area contributed by atoms with Crippen LogP contribution >= 0.6 is 0 Å². The van der Waals surface area contributed by atoms with E-state index in [2.05, 4.69) is 5.32 Å². The standard InChI is InChI=1S/C25H25FN2O3/c26-22-9-5-4-8-21(22)23-12-10-20(31-23)11-13-24(29)28-16-14-18(15-17-28)25(30)27-19-6-2-1-3-7-19/h1-10,12,18H,11,13-17H2,(H,27,30). The van der Waals surface area contributed by atoms with Crippen LogP contribution in [0, 0.1) is 11.7 Å². The molecule has 1 N–H and O–H groups in total. The normalized spacial score (nSPS) is 14.4. The zero-order valence-corrected chi connectivity index (χ0v) is 17.2. The molecule has 0 bridgehead atoms. The van der Waals surface area contributed by atoms with Gasteiger partial charge in [-0.1, -0.05) is 30.3 Å². The lowest BCUT2D eigenvalue weighted by Gasteiger charge is -2.31. The van der Waals surface area contributed by atoms with Crippen LogP contribution in [0.25, 0.3) is 11.3 Å². The topological polar surface area (TPSA) is 62.6 Å². The van der Waals surface area contributed by atoms with Gasteiger partial charge in [0.05, 0.1) is 5.56 Å². The van der Waals surface area contributed by atoms with E-state index in [4.69, 9.17) is 4.42 Å². The second-order valence-electron chi connectivity index (χ2n) is 7.76. The lowest BCUT2D eigenvalue weighted by atomic mass is 9.95. The van der Waals surface area contributed by atoms with E-state index < -0.39 is 0 Å². The van der Waals surface area contributed by atoms with Crippen molar-refractivity contribution in [3.05, 3.63) is 78.3 Å². The summed E-state index contributed by atoms with van der Waals surface area (Å²) in [5.41, 5.74) is 1.20. The van der Waals surface area contributed by atoms with Gasteiger partial charge in [-0.25, -0.2) is 4.39 Å². The third-order valence-corrected chi connectivity index (χ3v) is 5.65. The van der Waals surface area contributed by atoms with Crippen LogP contribution in [0.1, 0.15) is 25.0 Å². The van der Waals surface area contributed by atoms with Gasteiger partial charge in [-0.3, -0.25) is 9.59 Å². The fourth-order valence-corrected chi connectivity index (χ4v) is 3.86. The zero-order valence-electron chi connectivity index (χ0n) is 17.2. The number of nitrogens with one attached hydrogen (secondary N) is 1. The molecule has 4 rings (SSSR count). The molecule has 0 saturated carbocycles. The molecule has 1 aromatic heterocycles. The number of hydrogen-bond acceptors (Lipinski definition) is 3. The van der Waals surface area contributed by atoms with E-state index in [0.29, 0.717) is 55.9 Å². The molecular formula is C25H25FN2O3. The summed E-state index contributed by atoms with van der Waals surface area (Å²) in [6.45, 7) is 1.15. The molecule has 0 atom stereocenters. The Kier molecular flexibility index (Phi) is 6.46. The Morgan fingerprint density at radius 3 is 2.42 bits per heavy atom. The number of aryl methyl sites for hydroxylation is 1. The van der Waals surface area contributed by atoms with Crippen molar-refractivity contribution in [1.29, 1.82) is 0 Å². The van der Waals surface area contributed by atoms with Gasteiger partial charge in [-0.15, -0.1) is 0 Å². The summed E-state index contributed by atoms with van der Waals surface area (Å²) in [5.74, 6) is 0.756. The van der Waals surface area contributed by atoms with Crippen LogP contribution < -0.4 is 5.32 Å². The van der Waals surface area contributed by atoms with E-state index in [1.807, 2.05) is 35.2 Å². The van der Waals surface area contributed by atoms with Crippen LogP contribution in [0.2, 0.25) is 0 Å². The third-order valence-electron chi connectivity index (χ3n) is 5.65. The van der Waals surface area contributed by atoms with Gasteiger partial charge in [-0.05, 0) is 49.2 Å². The van der Waals surface area contributed by atoms with Gasteiger partial charge in [0.2, 0.25) is 11.8 Å². The van der Waals surface area contributed by atoms with E-state index in [0.717, 1.165) is 5.69 Å². The molecule has 6 heteroatoms. The van der Waals surface area contributed by atoms with Crippen LogP contribution in [-0.2, 0) is 16.0 Å². The van der Waals surface area contributed by atoms with Gasteiger partial charge in [0.15, 0.2) is 0 Å². The molecule has 0 unspecified atom stereocenters. The van der Waals surface area contributed by atoms with Gasteiger partial charge >= 0.3 is 0 Å². The van der Waals surface area contributed by atoms with Gasteiger partial charge in [-0.2, -0.15) is 0 Å². The van der Waals surface area contributed by atoms with Crippen LogP contribution in [0.15, 0.2) is 71.1 Å². The number of likely N-dealkylation sites (tertiary alicyclic amines) is 1. The molecule has 0 aliphatic carbocycles. The van der Waals surface area contributed by atoms with Crippen molar-refractivity contribution in [2.24, 2.45) is 5.92 Å². The predicted octanol–water partition coefficient (Wildman–Crippen LogP) is 4.90. The number of para-hydroxylation sites is 1. The first-order valence-corrected chi connectivity index (χ1v) is 10.6. The molecule has 5 nitrogen and oxygen atoms in total. The van der Waals surface area contributed by atoms with Crippen LogP contribution in [0.5, 0.6) is 0 Å². The Morgan fingerprint density at radius 2 is 1.68 bits per heavy atom. The van der Waals surface area contributed by atoms with Crippen molar-refractivity contribution in [2.45, 2.75) is 25.7 Å². The minimum atomic E-state index is -0.335. The number of carbonyl (C=O) groups excluding carboxylic acids is 2. The van der Waals surface area contributed by atoms with Gasteiger partial charge in [0.25, 0.3) is 0 Å². The number of piperidine rings is 1. The first-order chi connectivity index (χ1) is 15.1. The molecule has 0 radical (unpaired) electrons. The van der Waals surface area contributed by atoms with Crippen LogP contribution in [-0.4, -0.2) is 29.8 Å². The van der Waals surface area contributed by atoms with E-state index in [1.165, 1.54) is 6.07 Å². The highest BCUT2D eigenvalue weighted by atomic mass is 19.1. The molecule has 1 saturated heterocycles. The first-order valence-electron chi connectivity index (χ1n) is 10.6. The van der Waals surface area contributed by atoms with Gasteiger partial charge < -0.3 is 14.6 Å². The molecular weight excluding hydrogens is 395 g/mol. The second kappa shape index (κ2) is 9.60. The van der Waals surface area contributed by atoms with E-state index >= 15 is 0 Å². The summed E-state index contributed by atoms with van der Waals surface area (Å²) >= 11 is 0. The summed E-state index contributed by atoms with van der Waals surface area (Å²) in [5, 5.41) is 2.94. The minimum absolute atomic E-state index is 0.00885. The molecule has 0 spiro atoms. The number of nitrogens with zero attached hydrogens (tertiary/aromatic N) is 1. The van der Waals surface area contributed by atoms with Crippen LogP contribution in [0.4, 0.5) is 10.1 Å². The summed E-state index contributed by atoms with van der Waals surface area (Å²) in [6.07, 6.45) is 2.10. The van der Waals surface area contributed by atoms with Crippen molar-refractivity contribution < 1.29 is 18.4 Å². The molecule has 31 heavy (non-hydrogen) atoms. The Bertz CT molecular complexity index is 1040. The van der Waals surface area contributed by atoms with Crippen molar-refractivity contribution in [3.8, 4) is 11.3 Å². The third kappa shape index (κ3) is 5.20. The highest BCUT2D eigenvalue weighted by molar-refractivity contribution is 5.92. The molecule has 2 heterocycles. The highest BCUT2D eigenvalue weighted by Crippen LogP contribution is 2.26. The average Bonchev–Trinajstić information content (AvgIpc) is 3.27. The lowest BCUT2D eigenvalue weighted by molar-refractivity contribution is -0.134. The summed E-state index contributed by atoms with van der Waals surface area (Å²) < 4.78 is 19.6. The maximum absolute atomic E-state index is 13.9. The van der Waals surface area contributed by atoms with Crippen molar-refractivity contribution in [2.75, 3.05) is 18.4 Å². The number of amides is 2. The fraction of sp³-hybridized carbons (Fsp3) is 0.280. The number of benzene rings is 2. The number of anilines is 1. The lowest BCUT2D eigenvalue weighted by Crippen LogP contribution is -2.41. The number of halogens is 1. The fourth-order valence-electron chi connectivity index (χ4n) is 3.86. The van der Waals surface area contributed by atoms with E-state index in [-0.39, 0.29) is 23.5 Å². The summed E-state index contributed by atoms with van der Waals surface area (Å²) in [4.78, 5) is 26.9. The molecule has 1 fully saturated rings. The average molecular weight is 420 g/mol. The summed E-state index contributed by atoms with van der Waals surface area (Å²) in [7, 11) is 0. The van der Waals surface area contributed by atoms with Crippen molar-refractivity contribution in [1.82, 2.24) is 4.90 Å². The van der Waals surface area contributed by atoms with Gasteiger partial charge in [0, 0.05) is 37.5 Å². The molecule has 1 aliphatic rings. The SMILES string of the molecule is O=C(Nc1ccccc1)C1CCN(C(=O)CCc2ccc(-c3ccccc3F)o2)CC1. The number of carbonyl (C=O) groups is 2. The molecule has 1 aliphatic heterocycles. The molecule has 160 valence electrons. The molecule has 3 aromatic rings. The molecule has 2 amide bonds. The quantitative estimate of drug-likeness (QED) is 0.617. The van der Waals surface area contributed by atoms with Gasteiger partial charge in [0.1, 0.15) is 17.3 Å². The predicted molar refractivity (Wildman–Crippen MR) is 117 cm³/mol. The maximum Gasteiger partial charge on any atom is 0.227 e. The molecule has 2 aromatic carbocycles. The summed E-state index contributed by atoms with van der Waals surface area (Å²) in [6, 6.07) is 19.4. The first kappa shape index (κ1) is 20.8. The smallest absolute Gasteiger partial charge is 0.227 e. The zero-order chi connectivity index (χ0) is 21.6. The monoisotopic (exact) mass is 420 g/mol. The Labute approximate surface area is 180 Å². The van der Waals surface area contributed by atoms with E-state index in [9.17, 15) is 14.0 Å². The highest BCUT2D eigenvalue weighted by Gasteiger charge is 2.27. The van der Waals surface area contributed by atoms with E-state index in [1.54, 1.807) is 30.3 Å². The second-order valence-corrected chi connectivity index (χ2v) is 7.76. The van der Waals surface area contributed by atoms with Crippen molar-refractivity contribution >= 4 is 17.5 Å². The minimum Gasteiger partial charge on any atom is -0.461 e. The Balaban J connectivity index is 1.24. The number of furan rings is 1. The Morgan fingerprint density at radius 1 is 0.968 bits per heavy atom. The van der Waals surface area contributed by atoms with Crippen molar-refractivity contribution in [3.63, 3.8) is 0 Å². The number of hydrogen-bond donors (Lipinski definition) is 1.